The summed E-state index contributed by atoms with van der Waals surface area (Å²) in [7, 11) is -3.37. The Morgan fingerprint density at radius 2 is 1.68 bits per heavy atom. The minimum absolute atomic E-state index is 0.00506. The molecule has 0 saturated carbocycles. The first-order valence-corrected chi connectivity index (χ1v) is 12.0. The van der Waals surface area contributed by atoms with Crippen LogP contribution in [0.4, 0.5) is 13.2 Å². The molecule has 3 rings (SSSR count). The van der Waals surface area contributed by atoms with E-state index in [1.165, 1.54) is 54.9 Å². The van der Waals surface area contributed by atoms with Gasteiger partial charge in [-0.25, -0.2) is 13.1 Å². The Labute approximate surface area is 194 Å². The summed E-state index contributed by atoms with van der Waals surface area (Å²) in [5.41, 5.74) is 0.242. The Balaban J connectivity index is 1.84. The third-order valence-electron chi connectivity index (χ3n) is 5.30. The molecule has 0 fully saturated rings. The molecule has 7 nitrogen and oxygen atoms in total. The number of aromatic nitrogens is 2. The second-order valence-corrected chi connectivity index (χ2v) is 9.89. The fourth-order valence-electron chi connectivity index (χ4n) is 3.50. The highest BCUT2D eigenvalue weighted by Gasteiger charge is 2.31. The second-order valence-electron chi connectivity index (χ2n) is 7.87. The summed E-state index contributed by atoms with van der Waals surface area (Å²) in [6.45, 7) is 4.62. The molecule has 0 aliphatic rings. The summed E-state index contributed by atoms with van der Waals surface area (Å²) in [6.07, 6.45) is -3.46. The lowest BCUT2D eigenvalue weighted by Crippen LogP contribution is -2.33. The molecule has 0 bridgehead atoms. The van der Waals surface area contributed by atoms with E-state index in [0.717, 1.165) is 18.4 Å². The lowest BCUT2D eigenvalue weighted by molar-refractivity contribution is -0.137. The summed E-state index contributed by atoms with van der Waals surface area (Å²) in [6, 6.07) is 9.77. The minimum Gasteiger partial charge on any atom is -0.343 e. The number of aryl methyl sites for hydroxylation is 1. The van der Waals surface area contributed by atoms with Crippen molar-refractivity contribution >= 4 is 21.5 Å². The van der Waals surface area contributed by atoms with E-state index in [-0.39, 0.29) is 27.5 Å². The number of hydrogen-bond donors (Lipinski definition) is 1. The Bertz CT molecular complexity index is 1360. The van der Waals surface area contributed by atoms with Crippen molar-refractivity contribution in [2.75, 3.05) is 6.26 Å². The van der Waals surface area contributed by atoms with Crippen LogP contribution in [0.2, 0.25) is 0 Å². The number of alkyl halides is 3. The summed E-state index contributed by atoms with van der Waals surface area (Å²) >= 11 is 0. The van der Waals surface area contributed by atoms with E-state index in [1.54, 1.807) is 6.92 Å². The maximum atomic E-state index is 13.1. The van der Waals surface area contributed by atoms with Crippen molar-refractivity contribution in [1.29, 1.82) is 0 Å². The summed E-state index contributed by atoms with van der Waals surface area (Å²) in [4.78, 5) is 25.7. The van der Waals surface area contributed by atoms with Crippen molar-refractivity contribution in [2.24, 2.45) is 0 Å². The van der Waals surface area contributed by atoms with Crippen LogP contribution in [0, 0.1) is 13.8 Å². The number of nitrogens with one attached hydrogen (secondary N) is 1. The zero-order valence-corrected chi connectivity index (χ0v) is 19.6. The molecular weight excluding hydrogens is 471 g/mol. The summed E-state index contributed by atoms with van der Waals surface area (Å²) in [5.74, 6) is -1.80. The number of halogens is 3. The van der Waals surface area contributed by atoms with Gasteiger partial charge in [0.25, 0.3) is 11.7 Å². The fraction of sp³-hybridized carbons (Fsp3) is 0.261. The van der Waals surface area contributed by atoms with Gasteiger partial charge in [-0.15, -0.1) is 0 Å². The highest BCUT2D eigenvalue weighted by atomic mass is 32.2. The van der Waals surface area contributed by atoms with Crippen molar-refractivity contribution in [3.05, 3.63) is 76.6 Å². The van der Waals surface area contributed by atoms with Gasteiger partial charge in [0.15, 0.2) is 9.84 Å². The van der Waals surface area contributed by atoms with E-state index in [4.69, 9.17) is 0 Å². The van der Waals surface area contributed by atoms with E-state index in [2.05, 4.69) is 10.4 Å². The number of benzene rings is 2. The third-order valence-corrected chi connectivity index (χ3v) is 6.43. The monoisotopic (exact) mass is 493 g/mol. The molecule has 1 atom stereocenters. The molecule has 34 heavy (non-hydrogen) atoms. The molecule has 0 radical (unpaired) electrons. The predicted octanol–water partition coefficient (Wildman–Crippen LogP) is 3.97. The van der Waals surface area contributed by atoms with Crippen LogP contribution < -0.4 is 5.32 Å². The topological polar surface area (TPSA) is 98.1 Å². The van der Waals surface area contributed by atoms with Gasteiger partial charge in [0.2, 0.25) is 0 Å². The van der Waals surface area contributed by atoms with Crippen LogP contribution in [0.15, 0.2) is 53.4 Å². The normalized spacial score (nSPS) is 12.9. The highest BCUT2D eigenvalue weighted by Crippen LogP contribution is 2.31. The maximum absolute atomic E-state index is 13.1. The molecule has 1 amide bonds. The molecule has 0 aliphatic heterocycles. The van der Waals surface area contributed by atoms with Crippen LogP contribution in [-0.4, -0.2) is 36.1 Å². The molecule has 0 unspecified atom stereocenters. The molecule has 3 aromatic rings. The average molecular weight is 494 g/mol. The minimum atomic E-state index is -4.54. The van der Waals surface area contributed by atoms with Crippen LogP contribution in [0.1, 0.15) is 45.8 Å². The zero-order valence-electron chi connectivity index (χ0n) is 18.8. The molecule has 180 valence electrons. The van der Waals surface area contributed by atoms with Crippen LogP contribution in [0.25, 0.3) is 5.69 Å². The lowest BCUT2D eigenvalue weighted by Gasteiger charge is -2.14. The van der Waals surface area contributed by atoms with Gasteiger partial charge in [0, 0.05) is 6.26 Å². The number of hydrogen-bond acceptors (Lipinski definition) is 5. The SMILES string of the molecule is Cc1nn(-c2cccc(C(F)(F)F)c2)c(C)c1C(=O)C(=O)N[C@@H](C)c1ccc(S(C)(=O)=O)cc1. The van der Waals surface area contributed by atoms with E-state index in [9.17, 15) is 31.2 Å². The van der Waals surface area contributed by atoms with E-state index in [0.29, 0.717) is 5.56 Å². The molecule has 0 aliphatic carbocycles. The first kappa shape index (κ1) is 25.2. The predicted molar refractivity (Wildman–Crippen MR) is 118 cm³/mol. The van der Waals surface area contributed by atoms with Gasteiger partial charge in [-0.05, 0) is 56.7 Å². The van der Waals surface area contributed by atoms with Crippen LogP contribution in [-0.2, 0) is 20.8 Å². The maximum Gasteiger partial charge on any atom is 0.416 e. The van der Waals surface area contributed by atoms with E-state index < -0.39 is 39.3 Å². The zero-order chi connectivity index (χ0) is 25.4. The van der Waals surface area contributed by atoms with Gasteiger partial charge in [0.1, 0.15) is 0 Å². The lowest BCUT2D eigenvalue weighted by atomic mass is 10.1. The first-order valence-electron chi connectivity index (χ1n) is 10.1. The third kappa shape index (κ3) is 5.19. The molecule has 2 aromatic carbocycles. The number of carbonyl (C=O) groups is 2. The number of Topliss-reactive ketones (excluding diaryl/α,β-unsaturated/α-hetero) is 1. The summed E-state index contributed by atoms with van der Waals surface area (Å²) < 4.78 is 63.6. The average Bonchev–Trinajstić information content (AvgIpc) is 3.06. The van der Waals surface area contributed by atoms with E-state index >= 15 is 0 Å². The number of amides is 1. The highest BCUT2D eigenvalue weighted by molar-refractivity contribution is 7.90. The Kier molecular flexibility index (Phi) is 6.70. The molecule has 1 heterocycles. The largest absolute Gasteiger partial charge is 0.416 e. The summed E-state index contributed by atoms with van der Waals surface area (Å²) in [5, 5.41) is 6.73. The van der Waals surface area contributed by atoms with Gasteiger partial charge in [-0.1, -0.05) is 18.2 Å². The van der Waals surface area contributed by atoms with Crippen LogP contribution in [0.3, 0.4) is 0 Å². The Morgan fingerprint density at radius 3 is 2.24 bits per heavy atom. The number of carbonyl (C=O) groups excluding carboxylic acids is 2. The van der Waals surface area contributed by atoms with E-state index in [1.807, 2.05) is 0 Å². The number of rotatable bonds is 6. The molecule has 0 saturated heterocycles. The fourth-order valence-corrected chi connectivity index (χ4v) is 4.13. The van der Waals surface area contributed by atoms with Crippen molar-refractivity contribution < 1.29 is 31.2 Å². The standard InChI is InChI=1S/C23H22F3N3O4S/c1-13(16-8-10-19(11-9-16)34(4,32)33)27-22(31)21(30)20-14(2)28-29(15(20)3)18-7-5-6-17(12-18)23(24,25)26/h5-13H,1-4H3,(H,27,31)/t13-/m0/s1. The smallest absolute Gasteiger partial charge is 0.343 e. The molecule has 1 N–H and O–H groups in total. The van der Waals surface area contributed by atoms with Gasteiger partial charge in [-0.3, -0.25) is 9.59 Å². The Hall–Kier alpha value is -3.47. The van der Waals surface area contributed by atoms with Gasteiger partial charge < -0.3 is 5.32 Å². The van der Waals surface area contributed by atoms with Crippen LogP contribution in [0.5, 0.6) is 0 Å². The van der Waals surface area contributed by atoms with Gasteiger partial charge >= 0.3 is 6.18 Å². The first-order chi connectivity index (χ1) is 15.7. The molecule has 0 spiro atoms. The van der Waals surface area contributed by atoms with Crippen molar-refractivity contribution in [3.63, 3.8) is 0 Å². The Morgan fingerprint density at radius 1 is 1.06 bits per heavy atom. The molecule has 11 heteroatoms. The molecule has 1 aromatic heterocycles. The van der Waals surface area contributed by atoms with Crippen molar-refractivity contribution in [3.8, 4) is 5.69 Å². The van der Waals surface area contributed by atoms with Crippen molar-refractivity contribution in [1.82, 2.24) is 15.1 Å². The van der Waals surface area contributed by atoms with Crippen molar-refractivity contribution in [2.45, 2.75) is 37.9 Å². The quantitative estimate of drug-likeness (QED) is 0.414. The van der Waals surface area contributed by atoms with Gasteiger partial charge in [-0.2, -0.15) is 18.3 Å². The van der Waals surface area contributed by atoms with Crippen LogP contribution >= 0.6 is 0 Å². The number of sulfone groups is 1. The number of nitrogens with zero attached hydrogens (tertiary/aromatic N) is 2. The molecular formula is C23H22F3N3O4S. The van der Waals surface area contributed by atoms with Gasteiger partial charge in [0.05, 0.1) is 39.1 Å². The number of ketones is 1. The second kappa shape index (κ2) is 9.05.